The van der Waals surface area contributed by atoms with Gasteiger partial charge in [-0.15, -0.1) is 11.8 Å². The highest BCUT2D eigenvalue weighted by atomic mass is 32.2. The van der Waals surface area contributed by atoms with Crippen LogP contribution in [-0.2, 0) is 24.4 Å². The second kappa shape index (κ2) is 12.3. The van der Waals surface area contributed by atoms with Crippen LogP contribution in [-0.4, -0.2) is 30.4 Å². The lowest BCUT2D eigenvalue weighted by Gasteiger charge is -2.24. The van der Waals surface area contributed by atoms with Gasteiger partial charge in [-0.25, -0.2) is 0 Å². The van der Waals surface area contributed by atoms with Crippen LogP contribution < -0.4 is 4.74 Å². The number of hydrogen-bond acceptors (Lipinski definition) is 5. The van der Waals surface area contributed by atoms with Crippen molar-refractivity contribution in [3.05, 3.63) is 108 Å². The van der Waals surface area contributed by atoms with E-state index in [1.807, 2.05) is 43.5 Å². The number of rotatable bonds is 10. The summed E-state index contributed by atoms with van der Waals surface area (Å²) in [7, 11) is 0. The third-order valence-electron chi connectivity index (χ3n) is 7.30. The second-order valence-corrected chi connectivity index (χ2v) is 14.5. The number of fused-ring (bicyclic) bond motifs is 1. The third kappa shape index (κ3) is 7.28. The maximum Gasteiger partial charge on any atom is 0.309 e. The van der Waals surface area contributed by atoms with Gasteiger partial charge in [-0.3, -0.25) is 14.8 Å². The molecule has 0 fully saturated rings. The summed E-state index contributed by atoms with van der Waals surface area (Å²) >= 11 is 1.77. The van der Waals surface area contributed by atoms with Crippen molar-refractivity contribution in [1.82, 2.24) is 14.5 Å². The van der Waals surface area contributed by atoms with Gasteiger partial charge in [-0.2, -0.15) is 0 Å². The SMILES string of the molecule is Cc1ccc(-c2ccc(Cn3c(CC(C)(C)C(=O)O)c(SC(C)(C)C)c4cc(OCc5ccccn5)ccc43)cc2)nc1. The predicted octanol–water partition coefficient (Wildman–Crippen LogP) is 8.58. The first-order chi connectivity index (χ1) is 20.4. The van der Waals surface area contributed by atoms with Gasteiger partial charge >= 0.3 is 5.97 Å². The van der Waals surface area contributed by atoms with Crippen molar-refractivity contribution in [2.75, 3.05) is 0 Å². The first-order valence-electron chi connectivity index (χ1n) is 14.5. The molecule has 0 bridgehead atoms. The van der Waals surface area contributed by atoms with Gasteiger partial charge in [0.25, 0.3) is 0 Å². The normalized spacial score (nSPS) is 12.0. The zero-order valence-electron chi connectivity index (χ0n) is 25.7. The molecule has 0 aliphatic carbocycles. The lowest BCUT2D eigenvalue weighted by atomic mass is 9.88. The van der Waals surface area contributed by atoms with E-state index >= 15 is 0 Å². The minimum Gasteiger partial charge on any atom is -0.487 e. The molecule has 0 unspecified atom stereocenters. The number of thioether (sulfide) groups is 1. The average molecular weight is 594 g/mol. The monoisotopic (exact) mass is 593 g/mol. The van der Waals surface area contributed by atoms with Crippen LogP contribution in [0.5, 0.6) is 5.75 Å². The Kier molecular flexibility index (Phi) is 8.65. The Bertz CT molecular complexity index is 1720. The van der Waals surface area contributed by atoms with Gasteiger partial charge in [0.15, 0.2) is 0 Å². The standard InChI is InChI=1S/C36H39N3O3S/c1-24-10-16-30(38-21-24)26-13-11-25(12-14-26)22-39-31-17-15-28(42-23-27-9-7-8-18-37-27)19-29(31)33(43-35(2,3)4)32(39)20-36(5,6)34(40)41/h7-19,21H,20,22-23H2,1-6H3,(H,40,41). The highest BCUT2D eigenvalue weighted by Gasteiger charge is 2.33. The molecule has 3 heterocycles. The molecule has 0 saturated heterocycles. The number of pyridine rings is 2. The molecule has 7 heteroatoms. The summed E-state index contributed by atoms with van der Waals surface area (Å²) in [5.41, 5.74) is 6.25. The smallest absolute Gasteiger partial charge is 0.309 e. The Morgan fingerprint density at radius 1 is 0.953 bits per heavy atom. The van der Waals surface area contributed by atoms with Gasteiger partial charge in [-0.05, 0) is 68.3 Å². The number of hydrogen-bond donors (Lipinski definition) is 1. The molecular formula is C36H39N3O3S. The molecular weight excluding hydrogens is 554 g/mol. The van der Waals surface area contributed by atoms with E-state index in [0.29, 0.717) is 19.6 Å². The molecule has 5 aromatic rings. The number of nitrogens with zero attached hydrogens (tertiary/aromatic N) is 3. The molecule has 0 amide bonds. The van der Waals surface area contributed by atoms with Crippen molar-refractivity contribution in [3.63, 3.8) is 0 Å². The summed E-state index contributed by atoms with van der Waals surface area (Å²) in [5.74, 6) is -0.0598. The average Bonchev–Trinajstić information content (AvgIpc) is 3.22. The zero-order chi connectivity index (χ0) is 30.8. The van der Waals surface area contributed by atoms with E-state index in [4.69, 9.17) is 4.74 Å². The molecule has 43 heavy (non-hydrogen) atoms. The highest BCUT2D eigenvalue weighted by Crippen LogP contribution is 2.44. The summed E-state index contributed by atoms with van der Waals surface area (Å²) in [6.07, 6.45) is 4.04. The van der Waals surface area contributed by atoms with E-state index in [0.717, 1.165) is 55.3 Å². The molecule has 0 aliphatic heterocycles. The number of carboxylic acids is 1. The number of aromatic nitrogens is 3. The Labute approximate surface area is 258 Å². The lowest BCUT2D eigenvalue weighted by Crippen LogP contribution is -2.28. The molecule has 0 radical (unpaired) electrons. The molecule has 0 aliphatic rings. The van der Waals surface area contributed by atoms with Crippen molar-refractivity contribution >= 4 is 28.6 Å². The van der Waals surface area contributed by atoms with Crippen molar-refractivity contribution in [2.24, 2.45) is 5.41 Å². The molecule has 0 atom stereocenters. The number of carboxylic acid groups (broad SMARTS) is 1. The number of aryl methyl sites for hydroxylation is 1. The largest absolute Gasteiger partial charge is 0.487 e. The fourth-order valence-corrected chi connectivity index (χ4v) is 6.15. The van der Waals surface area contributed by atoms with Crippen LogP contribution in [0.2, 0.25) is 0 Å². The Balaban J connectivity index is 1.58. The zero-order valence-corrected chi connectivity index (χ0v) is 26.5. The Hall–Kier alpha value is -4.10. The minimum atomic E-state index is -0.946. The van der Waals surface area contributed by atoms with Gasteiger partial charge < -0.3 is 14.4 Å². The summed E-state index contributed by atoms with van der Waals surface area (Å²) in [6, 6.07) is 24.6. The van der Waals surface area contributed by atoms with Crippen LogP contribution in [0.4, 0.5) is 0 Å². The van der Waals surface area contributed by atoms with Gasteiger partial charge in [0, 0.05) is 57.2 Å². The predicted molar refractivity (Wildman–Crippen MR) is 175 cm³/mol. The van der Waals surface area contributed by atoms with E-state index in [2.05, 4.69) is 77.8 Å². The van der Waals surface area contributed by atoms with E-state index in [1.54, 1.807) is 31.8 Å². The fraction of sp³-hybridized carbons (Fsp3) is 0.306. The molecule has 6 nitrogen and oxygen atoms in total. The van der Waals surface area contributed by atoms with Gasteiger partial charge in [0.2, 0.25) is 0 Å². The van der Waals surface area contributed by atoms with Crippen molar-refractivity contribution < 1.29 is 14.6 Å². The van der Waals surface area contributed by atoms with Gasteiger partial charge in [0.05, 0.1) is 16.8 Å². The number of ether oxygens (including phenoxy) is 1. The Morgan fingerprint density at radius 2 is 1.72 bits per heavy atom. The quantitative estimate of drug-likeness (QED) is 0.163. The van der Waals surface area contributed by atoms with Crippen molar-refractivity contribution in [3.8, 4) is 17.0 Å². The molecule has 222 valence electrons. The summed E-state index contributed by atoms with van der Waals surface area (Å²) < 4.78 is 8.37. The van der Waals surface area contributed by atoms with Crippen molar-refractivity contribution in [1.29, 1.82) is 0 Å². The maximum atomic E-state index is 12.3. The third-order valence-corrected chi connectivity index (χ3v) is 8.57. The van der Waals surface area contributed by atoms with Gasteiger partial charge in [0.1, 0.15) is 12.4 Å². The molecule has 2 aromatic carbocycles. The number of carbonyl (C=O) groups is 1. The minimum absolute atomic E-state index is 0.0886. The first-order valence-corrected chi connectivity index (χ1v) is 15.3. The van der Waals surface area contributed by atoms with Crippen LogP contribution in [0.15, 0.2) is 90.1 Å². The van der Waals surface area contributed by atoms with Crippen LogP contribution in [0.25, 0.3) is 22.2 Å². The number of aliphatic carboxylic acids is 1. The molecule has 1 N–H and O–H groups in total. The number of benzene rings is 2. The molecule has 0 saturated carbocycles. The van der Waals surface area contributed by atoms with Crippen LogP contribution in [0.1, 0.15) is 57.1 Å². The molecule has 3 aromatic heterocycles. The topological polar surface area (TPSA) is 77.2 Å². The van der Waals surface area contributed by atoms with E-state index in [1.165, 1.54) is 0 Å². The molecule has 5 rings (SSSR count). The van der Waals surface area contributed by atoms with Crippen LogP contribution in [0.3, 0.4) is 0 Å². The fourth-order valence-electron chi connectivity index (χ4n) is 4.96. The highest BCUT2D eigenvalue weighted by molar-refractivity contribution is 8.00. The van der Waals surface area contributed by atoms with Gasteiger partial charge in [-0.1, -0.05) is 57.2 Å². The molecule has 0 spiro atoms. The summed E-state index contributed by atoms with van der Waals surface area (Å²) in [5, 5.41) is 11.2. The van der Waals surface area contributed by atoms with E-state index in [9.17, 15) is 9.90 Å². The maximum absolute atomic E-state index is 12.3. The van der Waals surface area contributed by atoms with Crippen LogP contribution in [0, 0.1) is 12.3 Å². The summed E-state index contributed by atoms with van der Waals surface area (Å²) in [4.78, 5) is 22.4. The lowest BCUT2D eigenvalue weighted by molar-refractivity contribution is -0.146. The van der Waals surface area contributed by atoms with E-state index in [-0.39, 0.29) is 4.75 Å². The van der Waals surface area contributed by atoms with Crippen molar-refractivity contribution in [2.45, 2.75) is 70.8 Å². The second-order valence-electron chi connectivity index (χ2n) is 12.6. The summed E-state index contributed by atoms with van der Waals surface area (Å²) in [6.45, 7) is 13.2. The first kappa shape index (κ1) is 30.4. The Morgan fingerprint density at radius 3 is 2.35 bits per heavy atom. The van der Waals surface area contributed by atoms with E-state index < -0.39 is 11.4 Å². The van der Waals surface area contributed by atoms with Crippen LogP contribution >= 0.6 is 11.8 Å².